The lowest BCUT2D eigenvalue weighted by Gasteiger charge is -2.32. The first-order valence-electron chi connectivity index (χ1n) is 13.6. The molecule has 2 heterocycles. The highest BCUT2D eigenvalue weighted by molar-refractivity contribution is 5.89. The van der Waals surface area contributed by atoms with E-state index in [1.807, 2.05) is 31.2 Å². The minimum absolute atomic E-state index is 0.174. The maximum Gasteiger partial charge on any atom is 0.310 e. The third-order valence-electron chi connectivity index (χ3n) is 7.31. The summed E-state index contributed by atoms with van der Waals surface area (Å²) in [7, 11) is 2.17. The summed E-state index contributed by atoms with van der Waals surface area (Å²) in [5.74, 6) is 0.407. The molecular formula is C32H37N3O4. The topological polar surface area (TPSA) is 81.2 Å². The van der Waals surface area contributed by atoms with Crippen LogP contribution in [0.3, 0.4) is 0 Å². The van der Waals surface area contributed by atoms with E-state index in [2.05, 4.69) is 53.2 Å². The van der Waals surface area contributed by atoms with Gasteiger partial charge in [-0.2, -0.15) is 0 Å². The zero-order valence-corrected chi connectivity index (χ0v) is 22.8. The smallest absolute Gasteiger partial charge is 0.310 e. The number of nitrogens with zero attached hydrogens (tertiary/aromatic N) is 2. The van der Waals surface area contributed by atoms with E-state index >= 15 is 0 Å². The van der Waals surface area contributed by atoms with Crippen molar-refractivity contribution in [3.8, 4) is 16.9 Å². The van der Waals surface area contributed by atoms with Crippen molar-refractivity contribution in [2.24, 2.45) is 5.73 Å². The van der Waals surface area contributed by atoms with Crippen LogP contribution in [0.4, 0.5) is 0 Å². The zero-order chi connectivity index (χ0) is 27.2. The first kappa shape index (κ1) is 26.9. The van der Waals surface area contributed by atoms with Crippen molar-refractivity contribution in [2.45, 2.75) is 33.0 Å². The normalized spacial score (nSPS) is 14.5. The number of hydrogen-bond donors (Lipinski definition) is 1. The maximum absolute atomic E-state index is 12.1. The first-order valence-corrected chi connectivity index (χ1v) is 13.6. The van der Waals surface area contributed by atoms with Crippen LogP contribution in [-0.4, -0.2) is 55.6 Å². The second-order valence-corrected chi connectivity index (χ2v) is 10.1. The molecule has 39 heavy (non-hydrogen) atoms. The number of carbonyl (C=O) groups is 1. The molecule has 1 aliphatic heterocycles. The lowest BCUT2D eigenvalue weighted by molar-refractivity contribution is -0.142. The number of likely N-dealkylation sites (N-methyl/N-ethyl adjacent to an activating group) is 1. The van der Waals surface area contributed by atoms with E-state index in [9.17, 15) is 4.79 Å². The van der Waals surface area contributed by atoms with E-state index in [4.69, 9.17) is 19.6 Å². The highest BCUT2D eigenvalue weighted by Crippen LogP contribution is 2.33. The summed E-state index contributed by atoms with van der Waals surface area (Å²) in [6, 6.07) is 20.4. The van der Waals surface area contributed by atoms with Crippen LogP contribution in [0.5, 0.6) is 5.75 Å². The van der Waals surface area contributed by atoms with Crippen molar-refractivity contribution in [1.29, 1.82) is 0 Å². The number of piperazine rings is 1. The number of fused-ring (bicyclic) bond motifs is 1. The van der Waals surface area contributed by atoms with E-state index in [0.29, 0.717) is 25.5 Å². The van der Waals surface area contributed by atoms with Crippen molar-refractivity contribution < 1.29 is 18.7 Å². The summed E-state index contributed by atoms with van der Waals surface area (Å²) in [6.45, 7) is 7.99. The SMILES string of the molecule is CCOC(=O)Cc1ccccc1OCc1coc2c(CN3CCN(C)CC3)cc(-c3cccc(CN)c3)cc12. The van der Waals surface area contributed by atoms with Crippen molar-refractivity contribution in [3.63, 3.8) is 0 Å². The molecule has 2 N–H and O–H groups in total. The van der Waals surface area contributed by atoms with Gasteiger partial charge in [-0.05, 0) is 54.9 Å². The Kier molecular flexibility index (Phi) is 8.61. The molecule has 7 nitrogen and oxygen atoms in total. The molecule has 1 saturated heterocycles. The van der Waals surface area contributed by atoms with E-state index in [-0.39, 0.29) is 12.4 Å². The minimum Gasteiger partial charge on any atom is -0.488 e. The van der Waals surface area contributed by atoms with Gasteiger partial charge in [-0.25, -0.2) is 0 Å². The second kappa shape index (κ2) is 12.5. The van der Waals surface area contributed by atoms with Crippen molar-refractivity contribution in [3.05, 3.63) is 89.2 Å². The zero-order valence-electron chi connectivity index (χ0n) is 22.8. The number of furan rings is 1. The number of rotatable bonds is 10. The Morgan fingerprint density at radius 2 is 1.77 bits per heavy atom. The highest BCUT2D eigenvalue weighted by atomic mass is 16.5. The lowest BCUT2D eigenvalue weighted by Crippen LogP contribution is -2.43. The number of esters is 1. The van der Waals surface area contributed by atoms with Gasteiger partial charge in [-0.1, -0.05) is 36.4 Å². The molecule has 0 spiro atoms. The number of benzene rings is 3. The van der Waals surface area contributed by atoms with Crippen LogP contribution in [0.15, 0.2) is 71.3 Å². The number of ether oxygens (including phenoxy) is 2. The molecule has 0 atom stereocenters. The fourth-order valence-electron chi connectivity index (χ4n) is 5.09. The minimum atomic E-state index is -0.264. The van der Waals surface area contributed by atoms with Crippen molar-refractivity contribution in [1.82, 2.24) is 9.80 Å². The largest absolute Gasteiger partial charge is 0.488 e. The van der Waals surface area contributed by atoms with Crippen molar-refractivity contribution in [2.75, 3.05) is 39.8 Å². The predicted molar refractivity (Wildman–Crippen MR) is 153 cm³/mol. The van der Waals surface area contributed by atoms with Crippen LogP contribution in [0.2, 0.25) is 0 Å². The quantitative estimate of drug-likeness (QED) is 0.291. The molecule has 7 heteroatoms. The Morgan fingerprint density at radius 1 is 0.949 bits per heavy atom. The van der Waals surface area contributed by atoms with Gasteiger partial charge < -0.3 is 24.5 Å². The average molecular weight is 528 g/mol. The summed E-state index contributed by atoms with van der Waals surface area (Å²) in [5, 5.41) is 1.04. The van der Waals surface area contributed by atoms with Crippen LogP contribution in [0.1, 0.15) is 29.2 Å². The molecule has 1 aromatic heterocycles. The van der Waals surface area contributed by atoms with Crippen LogP contribution >= 0.6 is 0 Å². The summed E-state index contributed by atoms with van der Waals surface area (Å²) < 4.78 is 17.6. The molecule has 0 amide bonds. The Hall–Kier alpha value is -3.65. The fraction of sp³-hybridized carbons (Fsp3) is 0.344. The van der Waals surface area contributed by atoms with E-state index in [1.54, 1.807) is 6.26 Å². The van der Waals surface area contributed by atoms with Gasteiger partial charge in [0.25, 0.3) is 0 Å². The molecule has 3 aromatic carbocycles. The average Bonchev–Trinajstić information content (AvgIpc) is 3.37. The molecule has 0 aliphatic carbocycles. The maximum atomic E-state index is 12.1. The van der Waals surface area contributed by atoms with Crippen LogP contribution < -0.4 is 10.5 Å². The molecular weight excluding hydrogens is 490 g/mol. The Labute approximate surface area is 230 Å². The van der Waals surface area contributed by atoms with Gasteiger partial charge >= 0.3 is 5.97 Å². The molecule has 204 valence electrons. The van der Waals surface area contributed by atoms with Gasteiger partial charge in [0.15, 0.2) is 0 Å². The predicted octanol–water partition coefficient (Wildman–Crippen LogP) is 4.99. The van der Waals surface area contributed by atoms with E-state index in [1.165, 1.54) is 5.56 Å². The third kappa shape index (κ3) is 6.50. The molecule has 5 rings (SSSR count). The summed E-state index contributed by atoms with van der Waals surface area (Å²) in [4.78, 5) is 17.0. The monoisotopic (exact) mass is 527 g/mol. The summed E-state index contributed by atoms with van der Waals surface area (Å²) in [6.07, 6.45) is 1.97. The van der Waals surface area contributed by atoms with Gasteiger partial charge in [0.2, 0.25) is 0 Å². The first-order chi connectivity index (χ1) is 19.0. The number of hydrogen-bond acceptors (Lipinski definition) is 7. The molecule has 1 aliphatic rings. The third-order valence-corrected chi connectivity index (χ3v) is 7.31. The van der Waals surface area contributed by atoms with Crippen molar-refractivity contribution >= 4 is 16.9 Å². The van der Waals surface area contributed by atoms with E-state index in [0.717, 1.165) is 71.5 Å². The van der Waals surface area contributed by atoms with Gasteiger partial charge in [-0.15, -0.1) is 0 Å². The Bertz CT molecular complexity index is 1420. The van der Waals surface area contributed by atoms with Gasteiger partial charge in [0, 0.05) is 61.3 Å². The Balaban J connectivity index is 1.46. The number of carbonyl (C=O) groups excluding carboxylic acids is 1. The number of para-hydroxylation sites is 1. The van der Waals surface area contributed by atoms with Gasteiger partial charge in [0.05, 0.1) is 19.3 Å². The molecule has 0 unspecified atom stereocenters. The molecule has 0 saturated carbocycles. The van der Waals surface area contributed by atoms with E-state index < -0.39 is 0 Å². The van der Waals surface area contributed by atoms with Crippen LogP contribution in [-0.2, 0) is 35.6 Å². The molecule has 1 fully saturated rings. The lowest BCUT2D eigenvalue weighted by atomic mass is 9.97. The Morgan fingerprint density at radius 3 is 2.56 bits per heavy atom. The van der Waals surface area contributed by atoms with Crippen LogP contribution in [0, 0.1) is 0 Å². The fourth-order valence-corrected chi connectivity index (χ4v) is 5.09. The molecule has 0 bridgehead atoms. The van der Waals surface area contributed by atoms with Crippen LogP contribution in [0.25, 0.3) is 22.1 Å². The summed E-state index contributed by atoms with van der Waals surface area (Å²) >= 11 is 0. The number of nitrogens with two attached hydrogens (primary N) is 1. The molecule has 0 radical (unpaired) electrons. The van der Waals surface area contributed by atoms with Gasteiger partial charge in [0.1, 0.15) is 17.9 Å². The van der Waals surface area contributed by atoms with Gasteiger partial charge in [-0.3, -0.25) is 9.69 Å². The second-order valence-electron chi connectivity index (χ2n) is 10.1. The molecule has 4 aromatic rings. The summed E-state index contributed by atoms with van der Waals surface area (Å²) in [5.41, 5.74) is 13.1. The highest BCUT2D eigenvalue weighted by Gasteiger charge is 2.19. The standard InChI is InChI=1S/C32H37N3O4/c1-3-37-31(36)18-25-8-4-5-10-30(25)38-21-28-22-39-32-27(20-35-13-11-34(2)12-14-35)16-26(17-29(28)32)24-9-6-7-23(15-24)19-33/h4-10,15-17,22H,3,11-14,18-21,33H2,1-2H3.